The predicted molar refractivity (Wildman–Crippen MR) is 103 cm³/mol. The van der Waals surface area contributed by atoms with Crippen LogP contribution in [-0.2, 0) is 0 Å². The van der Waals surface area contributed by atoms with Crippen LogP contribution in [0.15, 0.2) is 46.9 Å². The van der Waals surface area contributed by atoms with Crippen LogP contribution in [0.2, 0.25) is 0 Å². The lowest BCUT2D eigenvalue weighted by atomic mass is 9.84. The van der Waals surface area contributed by atoms with Crippen LogP contribution in [0.4, 0.5) is 0 Å². The number of Topliss-reactive ketones (excluding diaryl/α,β-unsaturated/α-hetero) is 1. The maximum absolute atomic E-state index is 11.7. The normalized spacial score (nSPS) is 12.6. The van der Waals surface area contributed by atoms with Crippen LogP contribution in [0.1, 0.15) is 55.1 Å². The van der Waals surface area contributed by atoms with E-state index in [9.17, 15) is 4.79 Å². The van der Waals surface area contributed by atoms with Crippen LogP contribution in [0.5, 0.6) is 5.75 Å². The average molecular weight is 338 g/mol. The van der Waals surface area contributed by atoms with Gasteiger partial charge in [-0.25, -0.2) is 0 Å². The Morgan fingerprint density at radius 2 is 1.80 bits per heavy atom. The number of ketones is 1. The molecule has 1 aromatic carbocycles. The fourth-order valence-corrected chi connectivity index (χ4v) is 2.64. The molecule has 0 fully saturated rings. The summed E-state index contributed by atoms with van der Waals surface area (Å²) in [7, 11) is 1.66. The SMILES string of the molecule is COc1ccc(/C=C/C=C(\c2cc(C(C)=O)c(C)o2)C(C)(C)C)cc1. The number of furan rings is 1. The summed E-state index contributed by atoms with van der Waals surface area (Å²) in [4.78, 5) is 11.7. The van der Waals surface area contributed by atoms with Crippen molar-refractivity contribution in [2.45, 2.75) is 34.6 Å². The summed E-state index contributed by atoms with van der Waals surface area (Å²) in [6, 6.07) is 9.72. The first kappa shape index (κ1) is 18.8. The summed E-state index contributed by atoms with van der Waals surface area (Å²) in [6.07, 6.45) is 6.09. The summed E-state index contributed by atoms with van der Waals surface area (Å²) in [5, 5.41) is 0. The number of aryl methyl sites for hydroxylation is 1. The lowest BCUT2D eigenvalue weighted by Gasteiger charge is -2.21. The van der Waals surface area contributed by atoms with Crippen LogP contribution < -0.4 is 4.74 Å². The molecule has 2 aromatic rings. The second kappa shape index (κ2) is 7.56. The van der Waals surface area contributed by atoms with Crippen molar-refractivity contribution >= 4 is 17.4 Å². The smallest absolute Gasteiger partial charge is 0.163 e. The number of hydrogen-bond acceptors (Lipinski definition) is 3. The number of ether oxygens (including phenoxy) is 1. The number of rotatable bonds is 5. The van der Waals surface area contributed by atoms with Crippen molar-refractivity contribution in [3.63, 3.8) is 0 Å². The van der Waals surface area contributed by atoms with E-state index in [2.05, 4.69) is 20.8 Å². The first-order valence-electron chi connectivity index (χ1n) is 8.37. The summed E-state index contributed by atoms with van der Waals surface area (Å²) in [5.41, 5.74) is 2.67. The molecular formula is C22H26O3. The van der Waals surface area contributed by atoms with Gasteiger partial charge in [0.2, 0.25) is 0 Å². The van der Waals surface area contributed by atoms with Crippen molar-refractivity contribution in [2.75, 3.05) is 7.11 Å². The van der Waals surface area contributed by atoms with E-state index in [0.29, 0.717) is 11.3 Å². The van der Waals surface area contributed by atoms with Crippen LogP contribution in [0.25, 0.3) is 11.6 Å². The Morgan fingerprint density at radius 1 is 1.16 bits per heavy atom. The molecule has 0 atom stereocenters. The van der Waals surface area contributed by atoms with Gasteiger partial charge < -0.3 is 9.15 Å². The van der Waals surface area contributed by atoms with E-state index in [1.807, 2.05) is 55.5 Å². The maximum atomic E-state index is 11.7. The minimum Gasteiger partial charge on any atom is -0.497 e. The summed E-state index contributed by atoms with van der Waals surface area (Å²) in [6.45, 7) is 9.78. The van der Waals surface area contributed by atoms with E-state index in [1.54, 1.807) is 14.0 Å². The van der Waals surface area contributed by atoms with Gasteiger partial charge in [0.05, 0.1) is 12.7 Å². The van der Waals surface area contributed by atoms with Crippen molar-refractivity contribution in [3.05, 3.63) is 65.1 Å². The zero-order chi connectivity index (χ0) is 18.6. The minimum atomic E-state index is -0.109. The molecule has 0 saturated heterocycles. The van der Waals surface area contributed by atoms with Crippen LogP contribution in [0, 0.1) is 12.3 Å². The standard InChI is InChI=1S/C22H26O3/c1-15(23)19-14-21(25-16(19)2)20(22(3,4)5)9-7-8-17-10-12-18(24-6)13-11-17/h7-14H,1-6H3/b8-7+,20-9+. The number of carbonyl (C=O) groups is 1. The second-order valence-electron chi connectivity index (χ2n) is 7.10. The molecule has 0 aliphatic heterocycles. The molecular weight excluding hydrogens is 312 g/mol. The zero-order valence-corrected chi connectivity index (χ0v) is 15.8. The van der Waals surface area contributed by atoms with E-state index in [1.165, 1.54) is 0 Å². The van der Waals surface area contributed by atoms with E-state index < -0.39 is 0 Å². The van der Waals surface area contributed by atoms with Gasteiger partial charge >= 0.3 is 0 Å². The third-order valence-corrected chi connectivity index (χ3v) is 4.04. The quantitative estimate of drug-likeness (QED) is 0.500. The molecule has 25 heavy (non-hydrogen) atoms. The fourth-order valence-electron chi connectivity index (χ4n) is 2.64. The Morgan fingerprint density at radius 3 is 2.28 bits per heavy atom. The molecule has 0 aliphatic carbocycles. The van der Waals surface area contributed by atoms with Gasteiger partial charge in [-0.15, -0.1) is 0 Å². The summed E-state index contributed by atoms with van der Waals surface area (Å²) < 4.78 is 11.0. The van der Waals surface area contributed by atoms with Gasteiger partial charge in [-0.3, -0.25) is 4.79 Å². The van der Waals surface area contributed by atoms with Gasteiger partial charge in [0, 0.05) is 5.57 Å². The highest BCUT2D eigenvalue weighted by atomic mass is 16.5. The highest BCUT2D eigenvalue weighted by Crippen LogP contribution is 2.36. The molecule has 0 saturated carbocycles. The molecule has 3 heteroatoms. The Labute approximate surface area is 150 Å². The van der Waals surface area contributed by atoms with Gasteiger partial charge in [0.25, 0.3) is 0 Å². The number of hydrogen-bond donors (Lipinski definition) is 0. The molecule has 0 aliphatic rings. The zero-order valence-electron chi connectivity index (χ0n) is 15.8. The molecule has 0 unspecified atom stereocenters. The van der Waals surface area contributed by atoms with Crippen LogP contribution in [-0.4, -0.2) is 12.9 Å². The Kier molecular flexibility index (Phi) is 5.68. The Balaban J connectivity index is 2.34. The summed E-state index contributed by atoms with van der Waals surface area (Å²) >= 11 is 0. The molecule has 1 heterocycles. The van der Waals surface area contributed by atoms with Crippen molar-refractivity contribution in [1.82, 2.24) is 0 Å². The van der Waals surface area contributed by atoms with Crippen molar-refractivity contribution in [3.8, 4) is 5.75 Å². The lowest BCUT2D eigenvalue weighted by Crippen LogP contribution is -2.07. The first-order valence-corrected chi connectivity index (χ1v) is 8.37. The fraction of sp³-hybridized carbons (Fsp3) is 0.318. The molecule has 0 spiro atoms. The Hall–Kier alpha value is -2.55. The number of allylic oxidation sites excluding steroid dienone is 3. The highest BCUT2D eigenvalue weighted by Gasteiger charge is 2.23. The van der Waals surface area contributed by atoms with Crippen molar-refractivity contribution in [2.24, 2.45) is 5.41 Å². The molecule has 2 rings (SSSR count). The molecule has 1 aromatic heterocycles. The third-order valence-electron chi connectivity index (χ3n) is 4.04. The van der Waals surface area contributed by atoms with Gasteiger partial charge in [-0.05, 0) is 43.0 Å². The third kappa shape index (κ3) is 4.72. The molecule has 3 nitrogen and oxygen atoms in total. The van der Waals surface area contributed by atoms with Gasteiger partial charge in [0.15, 0.2) is 5.78 Å². The highest BCUT2D eigenvalue weighted by molar-refractivity contribution is 5.96. The molecule has 0 bridgehead atoms. The largest absolute Gasteiger partial charge is 0.497 e. The van der Waals surface area contributed by atoms with E-state index >= 15 is 0 Å². The van der Waals surface area contributed by atoms with Crippen LogP contribution >= 0.6 is 0 Å². The van der Waals surface area contributed by atoms with E-state index in [-0.39, 0.29) is 11.2 Å². The monoisotopic (exact) mass is 338 g/mol. The minimum absolute atomic E-state index is 0.0227. The molecule has 0 radical (unpaired) electrons. The van der Waals surface area contributed by atoms with E-state index in [4.69, 9.17) is 9.15 Å². The van der Waals surface area contributed by atoms with Crippen LogP contribution in [0.3, 0.4) is 0 Å². The van der Waals surface area contributed by atoms with E-state index in [0.717, 1.165) is 22.6 Å². The number of methoxy groups -OCH3 is 1. The summed E-state index contributed by atoms with van der Waals surface area (Å²) in [5.74, 6) is 2.27. The lowest BCUT2D eigenvalue weighted by molar-refractivity contribution is 0.101. The van der Waals surface area contributed by atoms with Gasteiger partial charge in [-0.2, -0.15) is 0 Å². The molecule has 132 valence electrons. The van der Waals surface area contributed by atoms with Crippen molar-refractivity contribution in [1.29, 1.82) is 0 Å². The number of benzene rings is 1. The number of carbonyl (C=O) groups excluding carboxylic acids is 1. The molecule has 0 N–H and O–H groups in total. The topological polar surface area (TPSA) is 39.4 Å². The Bertz CT molecular complexity index is 797. The predicted octanol–water partition coefficient (Wildman–Crippen LogP) is 5.94. The van der Waals surface area contributed by atoms with Crippen molar-refractivity contribution < 1.29 is 13.9 Å². The molecule has 0 amide bonds. The second-order valence-corrected chi connectivity index (χ2v) is 7.10. The maximum Gasteiger partial charge on any atom is 0.163 e. The first-order chi connectivity index (χ1) is 11.7. The van der Waals surface area contributed by atoms with Gasteiger partial charge in [0.1, 0.15) is 17.3 Å². The van der Waals surface area contributed by atoms with Gasteiger partial charge in [-0.1, -0.05) is 51.1 Å². The average Bonchev–Trinajstić information content (AvgIpc) is 2.92.